The number of aliphatic carboxylic acids is 1. The average Bonchev–Trinajstić information content (AvgIpc) is 2.45. The van der Waals surface area contributed by atoms with Gasteiger partial charge >= 0.3 is 12.1 Å². The van der Waals surface area contributed by atoms with E-state index < -0.39 is 29.2 Å². The number of carboxylic acids is 1. The lowest BCUT2D eigenvalue weighted by molar-refractivity contribution is -0.152. The zero-order valence-electron chi connectivity index (χ0n) is 13.8. The van der Waals surface area contributed by atoms with Crippen molar-refractivity contribution in [3.63, 3.8) is 0 Å². The maximum absolute atomic E-state index is 12.3. The summed E-state index contributed by atoms with van der Waals surface area (Å²) in [6.07, 6.45) is -1.72. The molecule has 2 atom stereocenters. The monoisotopic (exact) mass is 356 g/mol. The van der Waals surface area contributed by atoms with Crippen molar-refractivity contribution in [2.45, 2.75) is 44.3 Å². The molecule has 0 spiro atoms. The minimum atomic E-state index is -1.75. The molecule has 2 rings (SSSR count). The first kappa shape index (κ1) is 18.5. The molecule has 1 saturated heterocycles. The molecule has 0 saturated carbocycles. The summed E-state index contributed by atoms with van der Waals surface area (Å²) in [6.45, 7) is 5.14. The zero-order valence-corrected chi connectivity index (χ0v) is 14.6. The number of piperidine rings is 1. The first-order chi connectivity index (χ1) is 11.1. The van der Waals surface area contributed by atoms with E-state index in [1.54, 1.807) is 26.8 Å². The fourth-order valence-electron chi connectivity index (χ4n) is 2.72. The molecule has 1 aliphatic heterocycles. The van der Waals surface area contributed by atoms with Gasteiger partial charge in [0.1, 0.15) is 10.8 Å². The van der Waals surface area contributed by atoms with E-state index in [0.717, 1.165) is 0 Å². The molecule has 24 heavy (non-hydrogen) atoms. The van der Waals surface area contributed by atoms with Crippen LogP contribution in [-0.4, -0.2) is 57.0 Å². The topological polar surface area (TPSA) is 100.0 Å². The number of aliphatic hydroxyl groups excluding tert-OH is 1. The normalized spacial score (nSPS) is 24.5. The number of carboxylic acid groups (broad SMARTS) is 1. The summed E-state index contributed by atoms with van der Waals surface area (Å²) in [5, 5.41) is 20.4. The SMILES string of the molecule is CC(C)(C)OC(=O)N1CCC(O)C(C(=O)O)(c2cccc(Cl)n2)C1. The number of ether oxygens (including phenoxy) is 1. The highest BCUT2D eigenvalue weighted by atomic mass is 35.5. The number of nitrogens with zero attached hydrogens (tertiary/aromatic N) is 2. The Bertz CT molecular complexity index is 646. The Morgan fingerprint density at radius 2 is 2.08 bits per heavy atom. The number of carbonyl (C=O) groups excluding carboxylic acids is 1. The number of rotatable bonds is 2. The lowest BCUT2D eigenvalue weighted by Gasteiger charge is -2.42. The average molecular weight is 357 g/mol. The molecule has 1 aliphatic rings. The summed E-state index contributed by atoms with van der Waals surface area (Å²) in [5.74, 6) is -1.27. The first-order valence-corrected chi connectivity index (χ1v) is 7.96. The van der Waals surface area contributed by atoms with Gasteiger partial charge in [-0.2, -0.15) is 0 Å². The van der Waals surface area contributed by atoms with Gasteiger partial charge in [0.05, 0.1) is 11.8 Å². The quantitative estimate of drug-likeness (QED) is 0.787. The molecular formula is C16H21ClN2O5. The van der Waals surface area contributed by atoms with Gasteiger partial charge in [0.2, 0.25) is 0 Å². The molecule has 8 heteroatoms. The first-order valence-electron chi connectivity index (χ1n) is 7.59. The van der Waals surface area contributed by atoms with Crippen LogP contribution in [0.5, 0.6) is 0 Å². The smallest absolute Gasteiger partial charge is 0.410 e. The summed E-state index contributed by atoms with van der Waals surface area (Å²) in [6, 6.07) is 4.57. The van der Waals surface area contributed by atoms with Gasteiger partial charge in [-0.05, 0) is 39.3 Å². The molecule has 0 radical (unpaired) electrons. The van der Waals surface area contributed by atoms with Crippen LogP contribution in [-0.2, 0) is 14.9 Å². The number of pyridine rings is 1. The molecule has 132 valence electrons. The number of halogens is 1. The second kappa shape index (κ2) is 6.57. The van der Waals surface area contributed by atoms with E-state index in [-0.39, 0.29) is 30.4 Å². The largest absolute Gasteiger partial charge is 0.480 e. The maximum Gasteiger partial charge on any atom is 0.410 e. The number of amides is 1. The molecule has 7 nitrogen and oxygen atoms in total. The highest BCUT2D eigenvalue weighted by Gasteiger charge is 2.53. The van der Waals surface area contributed by atoms with Gasteiger partial charge < -0.3 is 19.8 Å². The van der Waals surface area contributed by atoms with E-state index in [4.69, 9.17) is 16.3 Å². The Morgan fingerprint density at radius 1 is 1.42 bits per heavy atom. The Hall–Kier alpha value is -1.86. The number of hydrogen-bond donors (Lipinski definition) is 2. The van der Waals surface area contributed by atoms with E-state index in [1.807, 2.05) is 0 Å². The van der Waals surface area contributed by atoms with Crippen LogP contribution in [0.1, 0.15) is 32.9 Å². The summed E-state index contributed by atoms with van der Waals surface area (Å²) >= 11 is 5.87. The Labute approximate surface area is 145 Å². The Morgan fingerprint density at radius 3 is 2.62 bits per heavy atom. The van der Waals surface area contributed by atoms with Gasteiger partial charge in [-0.1, -0.05) is 17.7 Å². The van der Waals surface area contributed by atoms with E-state index >= 15 is 0 Å². The molecule has 0 bridgehead atoms. The second-order valence-electron chi connectivity index (χ2n) is 6.83. The summed E-state index contributed by atoms with van der Waals surface area (Å²) in [5.41, 5.74) is -2.34. The van der Waals surface area contributed by atoms with Gasteiger partial charge in [0, 0.05) is 13.1 Å². The van der Waals surface area contributed by atoms with Crippen LogP contribution >= 0.6 is 11.6 Å². The lowest BCUT2D eigenvalue weighted by Crippen LogP contribution is -2.60. The zero-order chi connectivity index (χ0) is 18.1. The van der Waals surface area contributed by atoms with Crippen LogP contribution in [0.25, 0.3) is 0 Å². The second-order valence-corrected chi connectivity index (χ2v) is 7.22. The van der Waals surface area contributed by atoms with E-state index in [9.17, 15) is 19.8 Å². The third-order valence-electron chi connectivity index (χ3n) is 3.89. The van der Waals surface area contributed by atoms with Gasteiger partial charge in [-0.15, -0.1) is 0 Å². The van der Waals surface area contributed by atoms with Crippen LogP contribution in [0, 0.1) is 0 Å². The predicted molar refractivity (Wildman–Crippen MR) is 87.0 cm³/mol. The number of carbonyl (C=O) groups is 2. The molecule has 2 N–H and O–H groups in total. The van der Waals surface area contributed by atoms with Crippen molar-refractivity contribution in [1.29, 1.82) is 0 Å². The van der Waals surface area contributed by atoms with Crippen LogP contribution in [0.4, 0.5) is 4.79 Å². The van der Waals surface area contributed by atoms with Crippen molar-refractivity contribution < 1.29 is 24.5 Å². The minimum Gasteiger partial charge on any atom is -0.480 e. The number of aliphatic hydroxyl groups is 1. The van der Waals surface area contributed by atoms with E-state index in [0.29, 0.717) is 0 Å². The molecule has 1 fully saturated rings. The van der Waals surface area contributed by atoms with Gasteiger partial charge in [-0.25, -0.2) is 9.78 Å². The summed E-state index contributed by atoms with van der Waals surface area (Å²) in [4.78, 5) is 29.7. The van der Waals surface area contributed by atoms with Gasteiger partial charge in [0.15, 0.2) is 5.41 Å². The number of aromatic nitrogens is 1. The Balaban J connectivity index is 2.39. The van der Waals surface area contributed by atoms with Crippen molar-refractivity contribution in [1.82, 2.24) is 9.88 Å². The van der Waals surface area contributed by atoms with Crippen molar-refractivity contribution in [2.24, 2.45) is 0 Å². The Kier molecular flexibility index (Phi) is 5.05. The minimum absolute atomic E-state index is 0.0970. The van der Waals surface area contributed by atoms with Gasteiger partial charge in [0.25, 0.3) is 0 Å². The van der Waals surface area contributed by atoms with Crippen LogP contribution in [0.2, 0.25) is 5.15 Å². The third kappa shape index (κ3) is 3.62. The molecule has 0 aliphatic carbocycles. The number of likely N-dealkylation sites (tertiary alicyclic amines) is 1. The number of hydrogen-bond acceptors (Lipinski definition) is 5. The van der Waals surface area contributed by atoms with Crippen LogP contribution in [0.15, 0.2) is 18.2 Å². The molecular weight excluding hydrogens is 336 g/mol. The van der Waals surface area contributed by atoms with Gasteiger partial charge in [-0.3, -0.25) is 4.79 Å². The summed E-state index contributed by atoms with van der Waals surface area (Å²) < 4.78 is 5.31. The third-order valence-corrected chi connectivity index (χ3v) is 4.10. The van der Waals surface area contributed by atoms with E-state index in [2.05, 4.69) is 4.98 Å². The predicted octanol–water partition coefficient (Wildman–Crippen LogP) is 2.06. The fourth-order valence-corrected chi connectivity index (χ4v) is 2.88. The molecule has 1 amide bonds. The fraction of sp³-hybridized carbons (Fsp3) is 0.562. The van der Waals surface area contributed by atoms with Crippen molar-refractivity contribution in [2.75, 3.05) is 13.1 Å². The molecule has 2 heterocycles. The molecule has 2 unspecified atom stereocenters. The van der Waals surface area contributed by atoms with Crippen LogP contribution < -0.4 is 0 Å². The molecule has 0 aromatic carbocycles. The summed E-state index contributed by atoms with van der Waals surface area (Å²) in [7, 11) is 0. The maximum atomic E-state index is 12.3. The lowest BCUT2D eigenvalue weighted by atomic mass is 9.74. The van der Waals surface area contributed by atoms with E-state index in [1.165, 1.54) is 17.0 Å². The van der Waals surface area contributed by atoms with Crippen molar-refractivity contribution in [3.8, 4) is 0 Å². The highest BCUT2D eigenvalue weighted by molar-refractivity contribution is 6.29. The standard InChI is InChI=1S/C16H21ClN2O5/c1-15(2,3)24-14(23)19-8-7-11(20)16(9-19,13(21)22)10-5-4-6-12(17)18-10/h4-6,11,20H,7-9H2,1-3H3,(H,21,22). The van der Waals surface area contributed by atoms with Crippen LogP contribution in [0.3, 0.4) is 0 Å². The van der Waals surface area contributed by atoms with Crippen molar-refractivity contribution in [3.05, 3.63) is 29.0 Å². The van der Waals surface area contributed by atoms with Crippen molar-refractivity contribution >= 4 is 23.7 Å². The highest BCUT2D eigenvalue weighted by Crippen LogP contribution is 2.35. The molecule has 1 aromatic rings. The molecule has 1 aromatic heterocycles.